The van der Waals surface area contributed by atoms with Crippen molar-refractivity contribution in [2.45, 2.75) is 50.4 Å². The van der Waals surface area contributed by atoms with Gasteiger partial charge >= 0.3 is 0 Å². The summed E-state index contributed by atoms with van der Waals surface area (Å²) in [4.78, 5) is 11.1. The lowest BCUT2D eigenvalue weighted by atomic mass is 9.98. The molecular formula is C12H16N2O. The van der Waals surface area contributed by atoms with Gasteiger partial charge in [-0.25, -0.2) is 0 Å². The van der Waals surface area contributed by atoms with E-state index in [1.165, 1.54) is 38.5 Å². The standard InChI is InChI=1S/C12H16N2O/c15-7-10-11(8-3-1-2-4-8)13-14-12(10)9-5-6-9/h7-9H,1-6H2,(H,13,14). The first-order chi connectivity index (χ1) is 7.40. The molecule has 0 unspecified atom stereocenters. The van der Waals surface area contributed by atoms with Crippen LogP contribution in [0.15, 0.2) is 0 Å². The van der Waals surface area contributed by atoms with Crippen LogP contribution in [0.25, 0.3) is 0 Å². The largest absolute Gasteiger partial charge is 0.298 e. The van der Waals surface area contributed by atoms with E-state index in [1.807, 2.05) is 0 Å². The van der Waals surface area contributed by atoms with Crippen LogP contribution >= 0.6 is 0 Å². The molecule has 1 aromatic heterocycles. The van der Waals surface area contributed by atoms with Gasteiger partial charge in [0.05, 0.1) is 11.3 Å². The molecule has 1 heterocycles. The zero-order valence-corrected chi connectivity index (χ0v) is 8.83. The van der Waals surface area contributed by atoms with Crippen molar-refractivity contribution >= 4 is 6.29 Å². The number of hydrogen-bond donors (Lipinski definition) is 1. The molecule has 0 aromatic carbocycles. The summed E-state index contributed by atoms with van der Waals surface area (Å²) >= 11 is 0. The fourth-order valence-electron chi connectivity index (χ4n) is 2.70. The van der Waals surface area contributed by atoms with E-state index >= 15 is 0 Å². The van der Waals surface area contributed by atoms with Gasteiger partial charge in [0, 0.05) is 17.5 Å². The van der Waals surface area contributed by atoms with Gasteiger partial charge in [-0.15, -0.1) is 0 Å². The smallest absolute Gasteiger partial charge is 0.153 e. The Kier molecular flexibility index (Phi) is 2.11. The summed E-state index contributed by atoms with van der Waals surface area (Å²) < 4.78 is 0. The molecule has 3 nitrogen and oxygen atoms in total. The highest BCUT2D eigenvalue weighted by Crippen LogP contribution is 2.43. The van der Waals surface area contributed by atoms with E-state index in [0.29, 0.717) is 11.8 Å². The number of nitrogens with zero attached hydrogens (tertiary/aromatic N) is 1. The van der Waals surface area contributed by atoms with E-state index in [1.54, 1.807) is 0 Å². The lowest BCUT2D eigenvalue weighted by molar-refractivity contribution is 0.112. The molecular weight excluding hydrogens is 188 g/mol. The van der Waals surface area contributed by atoms with Gasteiger partial charge in [-0.1, -0.05) is 12.8 Å². The molecule has 3 rings (SSSR count). The number of carbonyl (C=O) groups excluding carboxylic acids is 1. The molecule has 0 aliphatic heterocycles. The number of aromatic amines is 1. The third-order valence-corrected chi connectivity index (χ3v) is 3.71. The summed E-state index contributed by atoms with van der Waals surface area (Å²) in [7, 11) is 0. The van der Waals surface area contributed by atoms with E-state index in [9.17, 15) is 4.79 Å². The van der Waals surface area contributed by atoms with Crippen molar-refractivity contribution in [3.05, 3.63) is 17.0 Å². The number of hydrogen-bond acceptors (Lipinski definition) is 2. The van der Waals surface area contributed by atoms with Crippen LogP contribution < -0.4 is 0 Å². The van der Waals surface area contributed by atoms with Crippen LogP contribution in [-0.2, 0) is 0 Å². The van der Waals surface area contributed by atoms with Gasteiger partial charge in [0.2, 0.25) is 0 Å². The Bertz CT molecular complexity index is 373. The molecule has 80 valence electrons. The quantitative estimate of drug-likeness (QED) is 0.769. The number of nitrogens with one attached hydrogen (secondary N) is 1. The minimum absolute atomic E-state index is 0.536. The van der Waals surface area contributed by atoms with Crippen LogP contribution in [-0.4, -0.2) is 16.5 Å². The van der Waals surface area contributed by atoms with E-state index in [2.05, 4.69) is 10.2 Å². The maximum Gasteiger partial charge on any atom is 0.153 e. The maximum absolute atomic E-state index is 11.1. The Morgan fingerprint density at radius 1 is 1.13 bits per heavy atom. The second kappa shape index (κ2) is 3.47. The normalized spacial score (nSPS) is 22.1. The Labute approximate surface area is 89.3 Å². The van der Waals surface area contributed by atoms with Crippen LogP contribution in [0, 0.1) is 0 Å². The average molecular weight is 204 g/mol. The Balaban J connectivity index is 1.95. The highest BCUT2D eigenvalue weighted by molar-refractivity contribution is 5.79. The summed E-state index contributed by atoms with van der Waals surface area (Å²) in [6.45, 7) is 0. The first-order valence-corrected chi connectivity index (χ1v) is 5.93. The second-order valence-corrected chi connectivity index (χ2v) is 4.81. The van der Waals surface area contributed by atoms with Crippen molar-refractivity contribution in [2.75, 3.05) is 0 Å². The van der Waals surface area contributed by atoms with Gasteiger partial charge in [-0.3, -0.25) is 9.89 Å². The molecule has 2 fully saturated rings. The number of rotatable bonds is 3. The van der Waals surface area contributed by atoms with Crippen LogP contribution in [0.5, 0.6) is 0 Å². The highest BCUT2D eigenvalue weighted by Gasteiger charge is 2.32. The minimum atomic E-state index is 0.536. The molecule has 0 spiro atoms. The zero-order chi connectivity index (χ0) is 10.3. The van der Waals surface area contributed by atoms with Gasteiger partial charge in [-0.05, 0) is 25.7 Å². The summed E-state index contributed by atoms with van der Waals surface area (Å²) in [5, 5.41) is 7.46. The van der Waals surface area contributed by atoms with Crippen molar-refractivity contribution in [2.24, 2.45) is 0 Å². The van der Waals surface area contributed by atoms with Crippen LogP contribution in [0.4, 0.5) is 0 Å². The lowest BCUT2D eigenvalue weighted by Crippen LogP contribution is -1.98. The fourth-order valence-corrected chi connectivity index (χ4v) is 2.70. The number of carbonyl (C=O) groups is 1. The third-order valence-electron chi connectivity index (χ3n) is 3.71. The molecule has 2 aliphatic rings. The number of H-pyrrole nitrogens is 1. The molecule has 1 N–H and O–H groups in total. The second-order valence-electron chi connectivity index (χ2n) is 4.81. The van der Waals surface area contributed by atoms with Crippen molar-refractivity contribution < 1.29 is 4.79 Å². The first-order valence-electron chi connectivity index (χ1n) is 5.93. The molecule has 2 saturated carbocycles. The Morgan fingerprint density at radius 2 is 1.87 bits per heavy atom. The van der Waals surface area contributed by atoms with E-state index < -0.39 is 0 Å². The Morgan fingerprint density at radius 3 is 2.47 bits per heavy atom. The van der Waals surface area contributed by atoms with Gasteiger partial charge in [-0.2, -0.15) is 5.10 Å². The highest BCUT2D eigenvalue weighted by atomic mass is 16.1. The third kappa shape index (κ3) is 1.50. The molecule has 0 atom stereocenters. The predicted octanol–water partition coefficient (Wildman–Crippen LogP) is 2.76. The van der Waals surface area contributed by atoms with Crippen LogP contribution in [0.3, 0.4) is 0 Å². The van der Waals surface area contributed by atoms with E-state index in [4.69, 9.17) is 0 Å². The van der Waals surface area contributed by atoms with Gasteiger partial charge in [0.15, 0.2) is 6.29 Å². The molecule has 1 aromatic rings. The average Bonchev–Trinajstić information content (AvgIpc) is 2.83. The molecule has 0 saturated heterocycles. The van der Waals surface area contributed by atoms with Crippen molar-refractivity contribution in [1.29, 1.82) is 0 Å². The molecule has 3 heteroatoms. The summed E-state index contributed by atoms with van der Waals surface area (Å²) in [5.74, 6) is 1.13. The lowest BCUT2D eigenvalue weighted by Gasteiger charge is -2.05. The zero-order valence-electron chi connectivity index (χ0n) is 8.83. The molecule has 0 bridgehead atoms. The van der Waals surface area contributed by atoms with Crippen molar-refractivity contribution in [3.8, 4) is 0 Å². The van der Waals surface area contributed by atoms with Crippen LogP contribution in [0.2, 0.25) is 0 Å². The van der Waals surface area contributed by atoms with Crippen molar-refractivity contribution in [3.63, 3.8) is 0 Å². The molecule has 2 aliphatic carbocycles. The minimum Gasteiger partial charge on any atom is -0.298 e. The number of aromatic nitrogens is 2. The van der Waals surface area contributed by atoms with E-state index in [0.717, 1.165) is 23.2 Å². The number of aldehydes is 1. The summed E-state index contributed by atoms with van der Waals surface area (Å²) in [5.41, 5.74) is 3.03. The summed E-state index contributed by atoms with van der Waals surface area (Å²) in [6.07, 6.45) is 8.42. The monoisotopic (exact) mass is 204 g/mol. The SMILES string of the molecule is O=Cc1c(C2CCCC2)n[nH]c1C1CC1. The topological polar surface area (TPSA) is 45.8 Å². The van der Waals surface area contributed by atoms with E-state index in [-0.39, 0.29) is 0 Å². The first kappa shape index (κ1) is 9.13. The molecule has 15 heavy (non-hydrogen) atoms. The van der Waals surface area contributed by atoms with Gasteiger partial charge < -0.3 is 0 Å². The predicted molar refractivity (Wildman–Crippen MR) is 57.2 cm³/mol. The van der Waals surface area contributed by atoms with Crippen LogP contribution in [0.1, 0.15) is 72.1 Å². The Hall–Kier alpha value is -1.12. The summed E-state index contributed by atoms with van der Waals surface area (Å²) in [6, 6.07) is 0. The molecule has 0 amide bonds. The fraction of sp³-hybridized carbons (Fsp3) is 0.667. The van der Waals surface area contributed by atoms with Gasteiger partial charge in [0.25, 0.3) is 0 Å². The van der Waals surface area contributed by atoms with Gasteiger partial charge in [0.1, 0.15) is 0 Å². The maximum atomic E-state index is 11.1. The molecule has 0 radical (unpaired) electrons. The van der Waals surface area contributed by atoms with Crippen molar-refractivity contribution in [1.82, 2.24) is 10.2 Å².